The van der Waals surface area contributed by atoms with Crippen LogP contribution in [-0.4, -0.2) is 11.0 Å². The molecule has 0 aromatic carbocycles. The molecule has 0 amide bonds. The maximum absolute atomic E-state index is 6.42. The Morgan fingerprint density at radius 1 is 1.40 bits per heavy atom. The molecule has 0 saturated heterocycles. The van der Waals surface area contributed by atoms with Crippen LogP contribution in [0.4, 0.5) is 5.69 Å². The minimum atomic E-state index is -0.379. The maximum atomic E-state index is 6.42. The molecule has 134 valence electrons. The molecule has 25 heavy (non-hydrogen) atoms. The molecule has 0 spiro atoms. The van der Waals surface area contributed by atoms with Crippen molar-refractivity contribution >= 4 is 75.3 Å². The third-order valence-electron chi connectivity index (χ3n) is 3.27. The number of anilines is 1. The molecule has 0 aliphatic heterocycles. The predicted molar refractivity (Wildman–Crippen MR) is 111 cm³/mol. The molecule has 0 aliphatic rings. The van der Waals surface area contributed by atoms with Gasteiger partial charge in [0, 0.05) is 17.4 Å². The second-order valence-corrected chi connectivity index (χ2v) is 6.79. The number of pyridine rings is 1. The Balaban J connectivity index is 0.00000156. The molecule has 9 heteroatoms. The zero-order valence-corrected chi connectivity index (χ0v) is 16.8. The van der Waals surface area contributed by atoms with E-state index in [-0.39, 0.29) is 30.9 Å². The van der Waals surface area contributed by atoms with E-state index in [4.69, 9.17) is 39.8 Å². The average Bonchev–Trinajstić information content (AvgIpc) is 3.15. The van der Waals surface area contributed by atoms with Gasteiger partial charge in [-0.2, -0.15) is 0 Å². The number of furan rings is 1. The minimum Gasteiger partial charge on any atom is -0.467 e. The Morgan fingerprint density at radius 2 is 2.16 bits per heavy atom. The topological polar surface area (TPSA) is 64.1 Å². The van der Waals surface area contributed by atoms with Crippen molar-refractivity contribution in [1.82, 2.24) is 4.98 Å². The molecule has 3 aromatic rings. The fourth-order valence-electron chi connectivity index (χ4n) is 2.17. The van der Waals surface area contributed by atoms with Crippen molar-refractivity contribution in [3.63, 3.8) is 0 Å². The van der Waals surface area contributed by atoms with Crippen LogP contribution in [0, 0.1) is 12.3 Å². The van der Waals surface area contributed by atoms with E-state index in [1.54, 1.807) is 12.3 Å². The van der Waals surface area contributed by atoms with Gasteiger partial charge in [-0.25, -0.2) is 4.98 Å². The van der Waals surface area contributed by atoms with Crippen LogP contribution in [0.15, 0.2) is 28.9 Å². The Hall–Kier alpha value is -1.13. The molecule has 4 nitrogen and oxygen atoms in total. The SMILES string of the molecule is C#C[C@H](N)Cc1sc2c(NCc3ccco3)cc(Cl)nc2c1Cl.Cl.Cl. The summed E-state index contributed by atoms with van der Waals surface area (Å²) in [7, 11) is 0. The van der Waals surface area contributed by atoms with Gasteiger partial charge in [0.1, 0.15) is 16.4 Å². The van der Waals surface area contributed by atoms with E-state index >= 15 is 0 Å². The first-order chi connectivity index (χ1) is 11.1. The molecule has 0 aliphatic carbocycles. The van der Waals surface area contributed by atoms with Gasteiger partial charge in [0.05, 0.1) is 34.3 Å². The Bertz CT molecular complexity index is 874. The molecule has 3 aromatic heterocycles. The second-order valence-electron chi connectivity index (χ2n) is 4.92. The number of hydrogen-bond acceptors (Lipinski definition) is 5. The molecule has 0 unspecified atom stereocenters. The van der Waals surface area contributed by atoms with Crippen LogP contribution in [0.25, 0.3) is 10.2 Å². The smallest absolute Gasteiger partial charge is 0.131 e. The van der Waals surface area contributed by atoms with E-state index in [2.05, 4.69) is 16.2 Å². The molecule has 0 fully saturated rings. The number of rotatable bonds is 5. The third kappa shape index (κ3) is 4.95. The van der Waals surface area contributed by atoms with Gasteiger partial charge in [-0.15, -0.1) is 42.6 Å². The largest absolute Gasteiger partial charge is 0.467 e. The summed E-state index contributed by atoms with van der Waals surface area (Å²) in [5, 5.41) is 4.22. The van der Waals surface area contributed by atoms with E-state index in [1.807, 2.05) is 12.1 Å². The third-order valence-corrected chi connectivity index (χ3v) is 5.22. The number of terminal acetylenes is 1. The molecule has 3 rings (SSSR count). The summed E-state index contributed by atoms with van der Waals surface area (Å²) >= 11 is 14.1. The number of fused-ring (bicyclic) bond motifs is 1. The van der Waals surface area contributed by atoms with Crippen LogP contribution in [0.3, 0.4) is 0 Å². The minimum absolute atomic E-state index is 0. The van der Waals surface area contributed by atoms with Crippen molar-refractivity contribution in [2.24, 2.45) is 5.73 Å². The van der Waals surface area contributed by atoms with E-state index < -0.39 is 0 Å². The number of nitrogens with zero attached hydrogens (tertiary/aromatic N) is 1. The Labute approximate surface area is 171 Å². The highest BCUT2D eigenvalue weighted by Crippen LogP contribution is 2.40. The number of nitrogens with two attached hydrogens (primary N) is 1. The summed E-state index contributed by atoms with van der Waals surface area (Å²) in [6.07, 6.45) is 7.49. The van der Waals surface area contributed by atoms with Gasteiger partial charge in [0.2, 0.25) is 0 Å². The molecule has 3 heterocycles. The van der Waals surface area contributed by atoms with Gasteiger partial charge >= 0.3 is 0 Å². The summed E-state index contributed by atoms with van der Waals surface area (Å²) in [4.78, 5) is 5.23. The zero-order valence-electron chi connectivity index (χ0n) is 12.8. The molecule has 0 bridgehead atoms. The van der Waals surface area contributed by atoms with Gasteiger partial charge in [0.25, 0.3) is 0 Å². The van der Waals surface area contributed by atoms with Gasteiger partial charge in [-0.05, 0) is 12.1 Å². The van der Waals surface area contributed by atoms with Crippen molar-refractivity contribution in [3.8, 4) is 12.3 Å². The molecular weight excluding hydrogens is 424 g/mol. The van der Waals surface area contributed by atoms with E-state index in [0.29, 0.717) is 28.7 Å². The highest BCUT2D eigenvalue weighted by Gasteiger charge is 2.17. The summed E-state index contributed by atoms with van der Waals surface area (Å²) in [6.45, 7) is 0.539. The van der Waals surface area contributed by atoms with Crippen LogP contribution < -0.4 is 11.1 Å². The van der Waals surface area contributed by atoms with E-state index in [1.165, 1.54) is 11.3 Å². The van der Waals surface area contributed by atoms with Crippen molar-refractivity contribution in [2.75, 3.05) is 5.32 Å². The molecule has 0 radical (unpaired) electrons. The first-order valence-corrected chi connectivity index (χ1v) is 8.41. The van der Waals surface area contributed by atoms with Gasteiger partial charge < -0.3 is 15.5 Å². The highest BCUT2D eigenvalue weighted by atomic mass is 35.5. The number of aromatic nitrogens is 1. The van der Waals surface area contributed by atoms with Crippen LogP contribution in [0.1, 0.15) is 10.6 Å². The fraction of sp³-hybridized carbons (Fsp3) is 0.188. The number of hydrogen-bond donors (Lipinski definition) is 2. The first-order valence-electron chi connectivity index (χ1n) is 6.84. The maximum Gasteiger partial charge on any atom is 0.131 e. The van der Waals surface area contributed by atoms with E-state index in [9.17, 15) is 0 Å². The number of halogens is 4. The van der Waals surface area contributed by atoms with Crippen molar-refractivity contribution in [2.45, 2.75) is 19.0 Å². The van der Waals surface area contributed by atoms with Crippen molar-refractivity contribution in [3.05, 3.63) is 45.3 Å². The second kappa shape index (κ2) is 9.54. The summed E-state index contributed by atoms with van der Waals surface area (Å²) in [5.74, 6) is 3.33. The lowest BCUT2D eigenvalue weighted by atomic mass is 10.2. The van der Waals surface area contributed by atoms with Crippen molar-refractivity contribution < 1.29 is 4.42 Å². The van der Waals surface area contributed by atoms with Crippen LogP contribution >= 0.6 is 59.4 Å². The number of nitrogens with one attached hydrogen (secondary N) is 1. The zero-order chi connectivity index (χ0) is 16.4. The summed E-state index contributed by atoms with van der Waals surface area (Å²) in [6, 6.07) is 5.12. The predicted octanol–water partition coefficient (Wildman–Crippen LogP) is 5.15. The van der Waals surface area contributed by atoms with E-state index in [0.717, 1.165) is 21.0 Å². The monoisotopic (exact) mass is 437 g/mol. The van der Waals surface area contributed by atoms with Gasteiger partial charge in [0.15, 0.2) is 0 Å². The lowest BCUT2D eigenvalue weighted by Crippen LogP contribution is -2.19. The molecule has 3 N–H and O–H groups in total. The fourth-order valence-corrected chi connectivity index (χ4v) is 3.93. The summed E-state index contributed by atoms with van der Waals surface area (Å²) in [5.41, 5.74) is 7.33. The summed E-state index contributed by atoms with van der Waals surface area (Å²) < 4.78 is 6.24. The number of thiophene rings is 1. The van der Waals surface area contributed by atoms with Crippen molar-refractivity contribution in [1.29, 1.82) is 0 Å². The molecule has 1 atom stereocenters. The molecular formula is C16H15Cl4N3OS. The lowest BCUT2D eigenvalue weighted by molar-refractivity contribution is 0.518. The van der Waals surface area contributed by atoms with Gasteiger partial charge in [-0.3, -0.25) is 0 Å². The average molecular weight is 439 g/mol. The molecule has 0 saturated carbocycles. The highest BCUT2D eigenvalue weighted by molar-refractivity contribution is 7.20. The first kappa shape index (κ1) is 21.9. The normalized spacial score (nSPS) is 11.3. The standard InChI is InChI=1S/C16H13Cl2N3OS.2ClH/c1-2-9(19)6-12-14(18)15-16(23-12)11(7-13(17)21-15)20-8-10-4-3-5-22-10;;/h1,3-5,7,9H,6,8,19H2,(H,20,21);2*1H/t9-;;/m0../s1. The van der Waals surface area contributed by atoms with Gasteiger partial charge in [-0.1, -0.05) is 29.1 Å². The van der Waals surface area contributed by atoms with Crippen LogP contribution in [0.2, 0.25) is 10.2 Å². The Kier molecular flexibility index (Phi) is 8.36. The quantitative estimate of drug-likeness (QED) is 0.426. The lowest BCUT2D eigenvalue weighted by Gasteiger charge is -2.06. The Morgan fingerprint density at radius 3 is 2.80 bits per heavy atom. The van der Waals surface area contributed by atoms with Crippen LogP contribution in [0.5, 0.6) is 0 Å². The van der Waals surface area contributed by atoms with Crippen LogP contribution in [-0.2, 0) is 13.0 Å².